The van der Waals surface area contributed by atoms with Crippen LogP contribution in [0.4, 0.5) is 0 Å². The van der Waals surface area contributed by atoms with Crippen LogP contribution in [0.25, 0.3) is 0 Å². The van der Waals surface area contributed by atoms with Gasteiger partial charge in [-0.05, 0) is 60.6 Å². The van der Waals surface area contributed by atoms with E-state index in [-0.39, 0.29) is 0 Å². The Labute approximate surface area is 178 Å². The van der Waals surface area contributed by atoms with Crippen molar-refractivity contribution in [3.63, 3.8) is 0 Å². The average molecular weight is 397 g/mol. The van der Waals surface area contributed by atoms with Gasteiger partial charge in [0.15, 0.2) is 0 Å². The third kappa shape index (κ3) is 10.4. The summed E-state index contributed by atoms with van der Waals surface area (Å²) in [5.74, 6) is 1.47. The van der Waals surface area contributed by atoms with Crippen LogP contribution in [0.1, 0.15) is 88.7 Å². The monoisotopic (exact) mass is 396 g/mol. The second-order valence-electron chi connectivity index (χ2n) is 8.56. The molecule has 29 heavy (non-hydrogen) atoms. The minimum atomic E-state index is 0.350. The summed E-state index contributed by atoms with van der Waals surface area (Å²) in [6, 6.07) is 15.4. The van der Waals surface area contributed by atoms with E-state index in [0.29, 0.717) is 11.5 Å². The van der Waals surface area contributed by atoms with E-state index in [9.17, 15) is 10.2 Å². The zero-order valence-corrected chi connectivity index (χ0v) is 18.3. The third-order valence-corrected chi connectivity index (χ3v) is 5.94. The zero-order valence-electron chi connectivity index (χ0n) is 18.3. The molecule has 1 unspecified atom stereocenters. The number of hydrogen-bond acceptors (Lipinski definition) is 2. The Morgan fingerprint density at radius 2 is 1.07 bits per heavy atom. The number of aryl methyl sites for hydroxylation is 1. The van der Waals surface area contributed by atoms with E-state index in [2.05, 4.69) is 19.1 Å². The van der Waals surface area contributed by atoms with Crippen LogP contribution in [0, 0.1) is 5.92 Å². The standard InChI is InChI=1S/C27H40O2/c1-2-3-4-5-9-12-24(22-25-16-20-27(29)21-17-25)13-10-7-6-8-11-23-14-18-26(28)19-15-23/h14-21,24,28-29H,2-13,22H2,1H3. The van der Waals surface area contributed by atoms with Gasteiger partial charge in [0.1, 0.15) is 11.5 Å². The second kappa shape index (κ2) is 14.1. The predicted molar refractivity (Wildman–Crippen MR) is 124 cm³/mol. The van der Waals surface area contributed by atoms with Crippen LogP contribution in [0.2, 0.25) is 0 Å². The fourth-order valence-corrected chi connectivity index (χ4v) is 4.13. The van der Waals surface area contributed by atoms with Crippen LogP contribution in [0.5, 0.6) is 11.5 Å². The topological polar surface area (TPSA) is 40.5 Å². The largest absolute Gasteiger partial charge is 0.508 e. The molecule has 0 bridgehead atoms. The predicted octanol–water partition coefficient (Wildman–Crippen LogP) is 7.81. The molecule has 2 N–H and O–H groups in total. The second-order valence-corrected chi connectivity index (χ2v) is 8.56. The van der Waals surface area contributed by atoms with Crippen molar-refractivity contribution in [3.05, 3.63) is 59.7 Å². The molecule has 2 nitrogen and oxygen atoms in total. The van der Waals surface area contributed by atoms with E-state index < -0.39 is 0 Å². The fourth-order valence-electron chi connectivity index (χ4n) is 4.13. The highest BCUT2D eigenvalue weighted by atomic mass is 16.3. The summed E-state index contributed by atoms with van der Waals surface area (Å²) >= 11 is 0. The van der Waals surface area contributed by atoms with Crippen molar-refractivity contribution in [1.82, 2.24) is 0 Å². The summed E-state index contributed by atoms with van der Waals surface area (Å²) in [6.45, 7) is 2.27. The number of benzene rings is 2. The molecule has 1 atom stereocenters. The Hall–Kier alpha value is -1.96. The molecule has 0 spiro atoms. The molecular formula is C27H40O2. The number of hydrogen-bond donors (Lipinski definition) is 2. The molecule has 2 aromatic carbocycles. The summed E-state index contributed by atoms with van der Waals surface area (Å²) in [5.41, 5.74) is 2.67. The van der Waals surface area contributed by atoms with Crippen LogP contribution in [-0.2, 0) is 12.8 Å². The zero-order chi connectivity index (χ0) is 20.7. The molecule has 0 saturated carbocycles. The van der Waals surface area contributed by atoms with Gasteiger partial charge in [0.05, 0.1) is 0 Å². The van der Waals surface area contributed by atoms with Crippen LogP contribution < -0.4 is 0 Å². The van der Waals surface area contributed by atoms with Crippen LogP contribution >= 0.6 is 0 Å². The molecule has 0 saturated heterocycles. The maximum atomic E-state index is 9.52. The lowest BCUT2D eigenvalue weighted by atomic mass is 9.88. The van der Waals surface area contributed by atoms with E-state index >= 15 is 0 Å². The lowest BCUT2D eigenvalue weighted by Crippen LogP contribution is -2.05. The van der Waals surface area contributed by atoms with Gasteiger partial charge in [-0.25, -0.2) is 0 Å². The Balaban J connectivity index is 1.67. The van der Waals surface area contributed by atoms with Gasteiger partial charge in [-0.1, -0.05) is 95.4 Å². The van der Waals surface area contributed by atoms with Gasteiger partial charge in [0, 0.05) is 0 Å². The molecule has 0 aliphatic heterocycles. The molecule has 2 aromatic rings. The van der Waals surface area contributed by atoms with Crippen molar-refractivity contribution in [1.29, 1.82) is 0 Å². The van der Waals surface area contributed by atoms with Crippen molar-refractivity contribution in [3.8, 4) is 11.5 Å². The molecule has 0 amide bonds. The molecule has 0 radical (unpaired) electrons. The first-order valence-electron chi connectivity index (χ1n) is 11.7. The highest BCUT2D eigenvalue weighted by Gasteiger charge is 2.10. The molecule has 0 aliphatic rings. The summed E-state index contributed by atoms with van der Waals surface area (Å²) in [6.07, 6.45) is 16.8. The minimum absolute atomic E-state index is 0.350. The quantitative estimate of drug-likeness (QED) is 0.301. The van der Waals surface area contributed by atoms with Gasteiger partial charge >= 0.3 is 0 Å². The van der Waals surface area contributed by atoms with Crippen molar-refractivity contribution in [2.75, 3.05) is 0 Å². The van der Waals surface area contributed by atoms with E-state index in [0.717, 1.165) is 18.8 Å². The lowest BCUT2D eigenvalue weighted by Gasteiger charge is -2.17. The summed E-state index contributed by atoms with van der Waals surface area (Å²) < 4.78 is 0. The molecular weight excluding hydrogens is 356 g/mol. The molecule has 0 heterocycles. The maximum Gasteiger partial charge on any atom is 0.115 e. The van der Waals surface area contributed by atoms with Crippen molar-refractivity contribution in [2.45, 2.75) is 90.4 Å². The molecule has 2 heteroatoms. The molecule has 2 rings (SSSR count). The highest BCUT2D eigenvalue weighted by Crippen LogP contribution is 2.24. The first-order valence-corrected chi connectivity index (χ1v) is 11.7. The summed E-state index contributed by atoms with van der Waals surface area (Å²) in [7, 11) is 0. The number of rotatable bonds is 15. The molecule has 160 valence electrons. The van der Waals surface area contributed by atoms with Crippen LogP contribution in [-0.4, -0.2) is 10.2 Å². The summed E-state index contributed by atoms with van der Waals surface area (Å²) in [4.78, 5) is 0. The van der Waals surface area contributed by atoms with E-state index in [4.69, 9.17) is 0 Å². The van der Waals surface area contributed by atoms with Gasteiger partial charge in [-0.15, -0.1) is 0 Å². The summed E-state index contributed by atoms with van der Waals surface area (Å²) in [5, 5.41) is 18.9. The Bertz CT molecular complexity index is 645. The van der Waals surface area contributed by atoms with Gasteiger partial charge in [-0.2, -0.15) is 0 Å². The smallest absolute Gasteiger partial charge is 0.115 e. The van der Waals surface area contributed by atoms with Crippen molar-refractivity contribution < 1.29 is 10.2 Å². The van der Waals surface area contributed by atoms with Gasteiger partial charge in [-0.3, -0.25) is 0 Å². The van der Waals surface area contributed by atoms with E-state index in [1.807, 2.05) is 24.3 Å². The Kier molecular flexibility index (Phi) is 11.3. The first kappa shape index (κ1) is 23.3. The van der Waals surface area contributed by atoms with E-state index in [1.54, 1.807) is 12.1 Å². The van der Waals surface area contributed by atoms with Gasteiger partial charge < -0.3 is 10.2 Å². The molecule has 0 aromatic heterocycles. The lowest BCUT2D eigenvalue weighted by molar-refractivity contribution is 0.401. The first-order chi connectivity index (χ1) is 14.2. The van der Waals surface area contributed by atoms with Crippen molar-refractivity contribution in [2.24, 2.45) is 5.92 Å². The maximum absolute atomic E-state index is 9.52. The highest BCUT2D eigenvalue weighted by molar-refractivity contribution is 5.26. The third-order valence-electron chi connectivity index (χ3n) is 5.94. The Morgan fingerprint density at radius 1 is 0.586 bits per heavy atom. The van der Waals surface area contributed by atoms with Crippen molar-refractivity contribution >= 4 is 0 Å². The minimum Gasteiger partial charge on any atom is -0.508 e. The average Bonchev–Trinajstić information content (AvgIpc) is 2.73. The normalized spacial score (nSPS) is 12.2. The van der Waals surface area contributed by atoms with Crippen LogP contribution in [0.15, 0.2) is 48.5 Å². The van der Waals surface area contributed by atoms with Crippen LogP contribution in [0.3, 0.4) is 0 Å². The molecule has 0 fully saturated rings. The number of phenolic OH excluding ortho intramolecular Hbond substituents is 2. The Morgan fingerprint density at radius 3 is 1.62 bits per heavy atom. The number of phenols is 2. The number of aromatic hydroxyl groups is 2. The van der Waals surface area contributed by atoms with Gasteiger partial charge in [0.2, 0.25) is 0 Å². The molecule has 0 aliphatic carbocycles. The van der Waals surface area contributed by atoms with Gasteiger partial charge in [0.25, 0.3) is 0 Å². The van der Waals surface area contributed by atoms with E-state index in [1.165, 1.54) is 81.8 Å². The fraction of sp³-hybridized carbons (Fsp3) is 0.556. The number of unbranched alkanes of at least 4 members (excludes halogenated alkanes) is 7. The SMILES string of the molecule is CCCCCCCC(CCCCCCc1ccc(O)cc1)Cc1ccc(O)cc1.